The first-order valence-corrected chi connectivity index (χ1v) is 8.91. The number of carboxylic acid groups (broad SMARTS) is 1. The van der Waals surface area contributed by atoms with Gasteiger partial charge in [0.05, 0.1) is 12.1 Å². The van der Waals surface area contributed by atoms with Gasteiger partial charge in [0.15, 0.2) is 11.9 Å². The maximum atomic E-state index is 12.7. The largest absolute Gasteiger partial charge is 0.481 e. The molecular weight excluding hydrogens is 371 g/mol. The zero-order chi connectivity index (χ0) is 20.8. The molecule has 0 saturated carbocycles. The third-order valence-electron chi connectivity index (χ3n) is 4.41. The highest BCUT2D eigenvalue weighted by atomic mass is 19.1. The normalized spacial score (nSPS) is 14.9. The van der Waals surface area contributed by atoms with E-state index in [1.807, 2.05) is 12.1 Å². The van der Waals surface area contributed by atoms with Crippen LogP contribution in [0.3, 0.4) is 0 Å². The molecule has 0 radical (unpaired) electrons. The van der Waals surface area contributed by atoms with Crippen LogP contribution >= 0.6 is 0 Å². The Morgan fingerprint density at radius 3 is 2.54 bits per heavy atom. The quantitative estimate of drug-likeness (QED) is 0.694. The van der Waals surface area contributed by atoms with Crippen molar-refractivity contribution in [1.29, 1.82) is 0 Å². The maximum absolute atomic E-state index is 12.7. The van der Waals surface area contributed by atoms with Crippen molar-refractivity contribution >= 4 is 29.4 Å². The highest BCUT2D eigenvalue weighted by Gasteiger charge is 2.34. The van der Waals surface area contributed by atoms with Crippen molar-refractivity contribution in [3.05, 3.63) is 29.8 Å². The number of amides is 2. The van der Waals surface area contributed by atoms with E-state index in [-0.39, 0.29) is 0 Å². The van der Waals surface area contributed by atoms with E-state index in [0.717, 1.165) is 5.56 Å². The number of alkyl halides is 1. The van der Waals surface area contributed by atoms with Gasteiger partial charge in [-0.2, -0.15) is 0 Å². The van der Waals surface area contributed by atoms with E-state index in [0.29, 0.717) is 18.7 Å². The number of nitrogens with zero attached hydrogens (tertiary/aromatic N) is 1. The number of halogens is 1. The second kappa shape index (κ2) is 9.29. The minimum atomic E-state index is -1.53. The van der Waals surface area contributed by atoms with Crippen LogP contribution in [-0.2, 0) is 25.5 Å². The summed E-state index contributed by atoms with van der Waals surface area (Å²) in [5.74, 6) is -3.71. The first-order chi connectivity index (χ1) is 13.2. The summed E-state index contributed by atoms with van der Waals surface area (Å²) in [7, 11) is 0. The maximum Gasteiger partial charge on any atom is 0.415 e. The molecule has 0 fully saturated rings. The summed E-state index contributed by atoms with van der Waals surface area (Å²) in [6, 6.07) is 5.80. The molecule has 2 unspecified atom stereocenters. The van der Waals surface area contributed by atoms with Crippen LogP contribution in [0.25, 0.3) is 0 Å². The molecule has 1 aromatic carbocycles. The number of rotatable bonds is 8. The molecule has 28 heavy (non-hydrogen) atoms. The Balaban J connectivity index is 2.10. The number of Topliss-reactive ketones (excluding diaryl/α,β-unsaturated/α-hetero) is 1. The number of ether oxygens (including phenoxy) is 1. The molecule has 0 spiro atoms. The van der Waals surface area contributed by atoms with Crippen molar-refractivity contribution in [3.8, 4) is 0 Å². The number of carbonyl (C=O) groups is 4. The number of ketones is 1. The Morgan fingerprint density at radius 2 is 1.93 bits per heavy atom. The van der Waals surface area contributed by atoms with Gasteiger partial charge < -0.3 is 15.2 Å². The predicted molar refractivity (Wildman–Crippen MR) is 97.8 cm³/mol. The van der Waals surface area contributed by atoms with E-state index in [1.54, 1.807) is 26.0 Å². The van der Waals surface area contributed by atoms with Crippen LogP contribution in [0.1, 0.15) is 25.8 Å². The number of benzene rings is 1. The summed E-state index contributed by atoms with van der Waals surface area (Å²) in [5.41, 5.74) is 1.69. The van der Waals surface area contributed by atoms with Crippen LogP contribution < -0.4 is 10.2 Å². The number of fused-ring (bicyclic) bond motifs is 1. The summed E-state index contributed by atoms with van der Waals surface area (Å²) < 4.78 is 18.0. The molecule has 2 N–H and O–H groups in total. The molecule has 2 amide bonds. The number of hydrogen-bond acceptors (Lipinski definition) is 5. The zero-order valence-electron chi connectivity index (χ0n) is 15.7. The molecule has 8 nitrogen and oxygen atoms in total. The Kier molecular flexibility index (Phi) is 7.08. The van der Waals surface area contributed by atoms with Crippen LogP contribution in [0.5, 0.6) is 0 Å². The van der Waals surface area contributed by atoms with Gasteiger partial charge in [0.1, 0.15) is 12.7 Å². The molecule has 0 saturated heterocycles. The van der Waals surface area contributed by atoms with Gasteiger partial charge in [-0.15, -0.1) is 0 Å². The van der Waals surface area contributed by atoms with E-state index in [9.17, 15) is 23.6 Å². The molecule has 1 heterocycles. The fourth-order valence-corrected chi connectivity index (χ4v) is 2.96. The van der Waals surface area contributed by atoms with Crippen LogP contribution in [-0.4, -0.2) is 54.2 Å². The topological polar surface area (TPSA) is 113 Å². The average Bonchev–Trinajstić information content (AvgIpc) is 3.08. The molecular formula is C19H23FN2O6. The van der Waals surface area contributed by atoms with Gasteiger partial charge >= 0.3 is 12.1 Å². The van der Waals surface area contributed by atoms with Gasteiger partial charge in [0, 0.05) is 6.54 Å². The van der Waals surface area contributed by atoms with E-state index >= 15 is 0 Å². The summed E-state index contributed by atoms with van der Waals surface area (Å²) in [4.78, 5) is 49.0. The highest BCUT2D eigenvalue weighted by molar-refractivity contribution is 5.95. The van der Waals surface area contributed by atoms with Gasteiger partial charge in [-0.05, 0) is 24.0 Å². The van der Waals surface area contributed by atoms with Crippen molar-refractivity contribution in [1.82, 2.24) is 5.32 Å². The SMILES string of the molecule is CC(C)C(OC(=O)N1CCc2ccccc21)C(=O)NC(CC(=O)O)C(=O)CF. The van der Waals surface area contributed by atoms with Crippen LogP contribution in [0.15, 0.2) is 24.3 Å². The number of carbonyl (C=O) groups excluding carboxylic acids is 3. The van der Waals surface area contributed by atoms with E-state index in [1.165, 1.54) is 4.90 Å². The zero-order valence-corrected chi connectivity index (χ0v) is 15.7. The standard InChI is InChI=1S/C19H23FN2O6/c1-11(2)17(18(26)21-13(9-16(24)25)15(23)10-20)28-19(27)22-8-7-12-5-3-4-6-14(12)22/h3-6,11,13,17H,7-10H2,1-2H3,(H,21,26)(H,24,25). The molecule has 152 valence electrons. The van der Waals surface area contributed by atoms with Gasteiger partial charge in [-0.1, -0.05) is 32.0 Å². The van der Waals surface area contributed by atoms with Crippen LogP contribution in [0.2, 0.25) is 0 Å². The van der Waals surface area contributed by atoms with Crippen molar-refractivity contribution in [2.75, 3.05) is 18.1 Å². The minimum absolute atomic E-state index is 0.409. The third kappa shape index (κ3) is 5.05. The highest BCUT2D eigenvalue weighted by Crippen LogP contribution is 2.28. The molecule has 1 aromatic rings. The van der Waals surface area contributed by atoms with E-state index in [2.05, 4.69) is 5.32 Å². The Labute approximate surface area is 161 Å². The van der Waals surface area contributed by atoms with Crippen molar-refractivity contribution in [3.63, 3.8) is 0 Å². The number of para-hydroxylation sites is 1. The summed E-state index contributed by atoms with van der Waals surface area (Å²) in [6.45, 7) is 2.28. The van der Waals surface area contributed by atoms with Gasteiger partial charge in [0.2, 0.25) is 0 Å². The summed E-state index contributed by atoms with van der Waals surface area (Å²) >= 11 is 0. The lowest BCUT2D eigenvalue weighted by Gasteiger charge is -2.26. The molecule has 0 bridgehead atoms. The van der Waals surface area contributed by atoms with Gasteiger partial charge in [-0.25, -0.2) is 9.18 Å². The fraction of sp³-hybridized carbons (Fsp3) is 0.474. The Hall–Kier alpha value is -2.97. The molecule has 1 aliphatic rings. The van der Waals surface area contributed by atoms with Crippen LogP contribution in [0.4, 0.5) is 14.9 Å². The van der Waals surface area contributed by atoms with E-state index < -0.39 is 54.9 Å². The lowest BCUT2D eigenvalue weighted by Crippen LogP contribution is -2.50. The number of hydrogen-bond donors (Lipinski definition) is 2. The first-order valence-electron chi connectivity index (χ1n) is 8.91. The molecule has 2 atom stereocenters. The molecule has 1 aliphatic heterocycles. The first kappa shape index (κ1) is 21.3. The molecule has 0 aliphatic carbocycles. The summed E-state index contributed by atoms with van der Waals surface area (Å²) in [5, 5.41) is 11.0. The lowest BCUT2D eigenvalue weighted by molar-refractivity contribution is -0.141. The van der Waals surface area contributed by atoms with Gasteiger partial charge in [0.25, 0.3) is 5.91 Å². The Morgan fingerprint density at radius 1 is 1.25 bits per heavy atom. The Bertz CT molecular complexity index is 767. The van der Waals surface area contributed by atoms with Gasteiger partial charge in [-0.3, -0.25) is 19.3 Å². The molecule has 0 aromatic heterocycles. The van der Waals surface area contributed by atoms with Crippen molar-refractivity contribution in [2.24, 2.45) is 5.92 Å². The fourth-order valence-electron chi connectivity index (χ4n) is 2.96. The molecule has 9 heteroatoms. The number of anilines is 1. The molecule has 2 rings (SSSR count). The van der Waals surface area contributed by atoms with Crippen molar-refractivity contribution in [2.45, 2.75) is 38.8 Å². The average molecular weight is 394 g/mol. The smallest absolute Gasteiger partial charge is 0.415 e. The summed E-state index contributed by atoms with van der Waals surface area (Å²) in [6.07, 6.45) is -2.07. The van der Waals surface area contributed by atoms with E-state index in [4.69, 9.17) is 9.84 Å². The monoisotopic (exact) mass is 394 g/mol. The van der Waals surface area contributed by atoms with Crippen LogP contribution in [0, 0.1) is 5.92 Å². The number of nitrogens with one attached hydrogen (secondary N) is 1. The van der Waals surface area contributed by atoms with Crippen molar-refractivity contribution < 1.29 is 33.4 Å². The lowest BCUT2D eigenvalue weighted by atomic mass is 10.0. The number of aliphatic carboxylic acids is 1. The minimum Gasteiger partial charge on any atom is -0.481 e. The second-order valence-electron chi connectivity index (χ2n) is 6.84. The second-order valence-corrected chi connectivity index (χ2v) is 6.84. The predicted octanol–water partition coefficient (Wildman–Crippen LogP) is 1.71. The third-order valence-corrected chi connectivity index (χ3v) is 4.41. The number of carboxylic acids is 1.